The molecule has 5 nitrogen and oxygen atoms in total. The van der Waals surface area contributed by atoms with Crippen LogP contribution >= 0.6 is 0 Å². The average molecular weight is 267 g/mol. The molecule has 19 heavy (non-hydrogen) atoms. The largest absolute Gasteiger partial charge is 0.355 e. The molecule has 2 aromatic rings. The third-order valence-corrected chi connectivity index (χ3v) is 3.40. The molecule has 0 spiro atoms. The molecule has 1 saturated heterocycles. The molecule has 0 bridgehead atoms. The standard InChI is InChI=1S/C12H15F2N5/c13-11(14)12-16-15-9-5-6-10(17-19(9)12)18-7-3-1-2-4-8-18/h5-6,11H,1-4,7-8H2. The summed E-state index contributed by atoms with van der Waals surface area (Å²) in [6.07, 6.45) is 2.00. The highest BCUT2D eigenvalue weighted by molar-refractivity contribution is 5.45. The maximum atomic E-state index is 12.8. The van der Waals surface area contributed by atoms with Gasteiger partial charge in [0.2, 0.25) is 5.82 Å². The zero-order valence-corrected chi connectivity index (χ0v) is 10.5. The first-order chi connectivity index (χ1) is 9.25. The Hall–Kier alpha value is -1.79. The Morgan fingerprint density at radius 3 is 2.42 bits per heavy atom. The lowest BCUT2D eigenvalue weighted by atomic mass is 10.2. The molecule has 1 fully saturated rings. The number of hydrogen-bond donors (Lipinski definition) is 0. The van der Waals surface area contributed by atoms with Gasteiger partial charge >= 0.3 is 0 Å². The molecule has 0 amide bonds. The van der Waals surface area contributed by atoms with E-state index in [1.54, 1.807) is 6.07 Å². The quantitative estimate of drug-likeness (QED) is 0.838. The summed E-state index contributed by atoms with van der Waals surface area (Å²) in [6.45, 7) is 1.84. The van der Waals surface area contributed by atoms with Crippen LogP contribution in [0.4, 0.5) is 14.6 Å². The topological polar surface area (TPSA) is 46.3 Å². The van der Waals surface area contributed by atoms with E-state index in [1.165, 1.54) is 12.8 Å². The lowest BCUT2D eigenvalue weighted by Gasteiger charge is -2.21. The number of fused-ring (bicyclic) bond motifs is 1. The van der Waals surface area contributed by atoms with Crippen molar-refractivity contribution in [3.63, 3.8) is 0 Å². The Morgan fingerprint density at radius 2 is 1.74 bits per heavy atom. The molecule has 0 N–H and O–H groups in total. The van der Waals surface area contributed by atoms with Crippen molar-refractivity contribution in [2.75, 3.05) is 18.0 Å². The van der Waals surface area contributed by atoms with Gasteiger partial charge in [0.1, 0.15) is 5.82 Å². The second-order valence-corrected chi connectivity index (χ2v) is 4.72. The monoisotopic (exact) mass is 267 g/mol. The Balaban J connectivity index is 1.97. The molecule has 3 heterocycles. The molecule has 0 aliphatic carbocycles. The van der Waals surface area contributed by atoms with Gasteiger partial charge in [-0.3, -0.25) is 0 Å². The van der Waals surface area contributed by atoms with Crippen molar-refractivity contribution in [1.29, 1.82) is 0 Å². The maximum absolute atomic E-state index is 12.8. The van der Waals surface area contributed by atoms with Gasteiger partial charge in [-0.05, 0) is 25.0 Å². The van der Waals surface area contributed by atoms with Crippen LogP contribution in [0.3, 0.4) is 0 Å². The van der Waals surface area contributed by atoms with Gasteiger partial charge in [-0.2, -0.15) is 4.52 Å². The van der Waals surface area contributed by atoms with Gasteiger partial charge in [-0.15, -0.1) is 15.3 Å². The van der Waals surface area contributed by atoms with Gasteiger partial charge in [-0.1, -0.05) is 12.8 Å². The van der Waals surface area contributed by atoms with Crippen LogP contribution in [0.25, 0.3) is 5.65 Å². The Labute approximate surface area is 109 Å². The molecule has 3 rings (SSSR count). The van der Waals surface area contributed by atoms with Crippen LogP contribution in [-0.4, -0.2) is 32.9 Å². The third kappa shape index (κ3) is 2.36. The molecule has 0 radical (unpaired) electrons. The number of halogens is 2. The maximum Gasteiger partial charge on any atom is 0.299 e. The van der Waals surface area contributed by atoms with E-state index >= 15 is 0 Å². The van der Waals surface area contributed by atoms with E-state index in [0.29, 0.717) is 5.65 Å². The zero-order valence-electron chi connectivity index (χ0n) is 10.5. The summed E-state index contributed by atoms with van der Waals surface area (Å²) < 4.78 is 26.7. The van der Waals surface area contributed by atoms with E-state index in [9.17, 15) is 8.78 Å². The van der Waals surface area contributed by atoms with Crippen LogP contribution in [0.15, 0.2) is 12.1 Å². The normalized spacial score (nSPS) is 17.1. The first-order valence-electron chi connectivity index (χ1n) is 6.51. The van der Waals surface area contributed by atoms with Crippen LogP contribution < -0.4 is 4.90 Å². The molecule has 2 aromatic heterocycles. The zero-order chi connectivity index (χ0) is 13.2. The second-order valence-electron chi connectivity index (χ2n) is 4.72. The van der Waals surface area contributed by atoms with Crippen LogP contribution in [0, 0.1) is 0 Å². The van der Waals surface area contributed by atoms with Gasteiger partial charge in [0.25, 0.3) is 6.43 Å². The summed E-state index contributed by atoms with van der Waals surface area (Å²) >= 11 is 0. The molecule has 0 aromatic carbocycles. The lowest BCUT2D eigenvalue weighted by molar-refractivity contribution is 0.137. The summed E-state index contributed by atoms with van der Waals surface area (Å²) in [5, 5.41) is 11.4. The fourth-order valence-electron chi connectivity index (χ4n) is 2.40. The van der Waals surface area contributed by atoms with E-state index in [1.807, 2.05) is 6.07 Å². The molecule has 0 unspecified atom stereocenters. The SMILES string of the molecule is FC(F)c1nnc2ccc(N3CCCCCC3)nn12. The summed E-state index contributed by atoms with van der Waals surface area (Å²) in [4.78, 5) is 2.14. The highest BCUT2D eigenvalue weighted by atomic mass is 19.3. The summed E-state index contributed by atoms with van der Waals surface area (Å²) in [6, 6.07) is 3.51. The first-order valence-corrected chi connectivity index (χ1v) is 6.51. The molecule has 7 heteroatoms. The number of anilines is 1. The van der Waals surface area contributed by atoms with Crippen LogP contribution in [0.1, 0.15) is 37.9 Å². The second kappa shape index (κ2) is 5.07. The van der Waals surface area contributed by atoms with Crippen molar-refractivity contribution >= 4 is 11.5 Å². The van der Waals surface area contributed by atoms with Crippen LogP contribution in [0.5, 0.6) is 0 Å². The van der Waals surface area contributed by atoms with Gasteiger partial charge in [-0.25, -0.2) is 8.78 Å². The number of nitrogens with zero attached hydrogens (tertiary/aromatic N) is 5. The van der Waals surface area contributed by atoms with E-state index < -0.39 is 12.2 Å². The average Bonchev–Trinajstić information content (AvgIpc) is 2.64. The summed E-state index contributed by atoms with van der Waals surface area (Å²) in [5.74, 6) is 0.322. The molecule has 102 valence electrons. The number of hydrogen-bond acceptors (Lipinski definition) is 4. The number of rotatable bonds is 2. The van der Waals surface area contributed by atoms with E-state index in [2.05, 4.69) is 20.2 Å². The minimum absolute atomic E-state index is 0.355. The van der Waals surface area contributed by atoms with Crippen molar-refractivity contribution in [2.45, 2.75) is 32.1 Å². The van der Waals surface area contributed by atoms with E-state index in [0.717, 1.165) is 36.3 Å². The highest BCUT2D eigenvalue weighted by Gasteiger charge is 2.18. The lowest BCUT2D eigenvalue weighted by Crippen LogP contribution is -2.25. The van der Waals surface area contributed by atoms with E-state index in [-0.39, 0.29) is 0 Å². The van der Waals surface area contributed by atoms with E-state index in [4.69, 9.17) is 0 Å². The predicted molar refractivity (Wildman–Crippen MR) is 66.4 cm³/mol. The smallest absolute Gasteiger partial charge is 0.299 e. The highest BCUT2D eigenvalue weighted by Crippen LogP contribution is 2.20. The van der Waals surface area contributed by atoms with Crippen molar-refractivity contribution in [2.24, 2.45) is 0 Å². The molecule has 1 aliphatic heterocycles. The molecular formula is C12H15F2N5. The van der Waals surface area contributed by atoms with Crippen LogP contribution in [-0.2, 0) is 0 Å². The van der Waals surface area contributed by atoms with Gasteiger partial charge in [0, 0.05) is 13.1 Å². The first kappa shape index (κ1) is 12.3. The van der Waals surface area contributed by atoms with Crippen molar-refractivity contribution in [3.8, 4) is 0 Å². The summed E-state index contributed by atoms with van der Waals surface area (Å²) in [7, 11) is 0. The fraction of sp³-hybridized carbons (Fsp3) is 0.583. The third-order valence-electron chi connectivity index (χ3n) is 3.40. The Morgan fingerprint density at radius 1 is 1.00 bits per heavy atom. The number of alkyl halides is 2. The van der Waals surface area contributed by atoms with Gasteiger partial charge in [0.05, 0.1) is 0 Å². The van der Waals surface area contributed by atoms with Crippen molar-refractivity contribution < 1.29 is 8.78 Å². The minimum Gasteiger partial charge on any atom is -0.355 e. The minimum atomic E-state index is -2.66. The molecule has 0 saturated carbocycles. The predicted octanol–water partition coefficient (Wildman–Crippen LogP) is 2.44. The molecule has 0 atom stereocenters. The molecule has 1 aliphatic rings. The summed E-state index contributed by atoms with van der Waals surface area (Å²) in [5.41, 5.74) is 0.355. The van der Waals surface area contributed by atoms with Crippen LogP contribution in [0.2, 0.25) is 0 Å². The van der Waals surface area contributed by atoms with Crippen molar-refractivity contribution in [1.82, 2.24) is 19.8 Å². The Kier molecular flexibility index (Phi) is 3.27. The molecular weight excluding hydrogens is 252 g/mol. The van der Waals surface area contributed by atoms with Crippen molar-refractivity contribution in [3.05, 3.63) is 18.0 Å². The number of aromatic nitrogens is 4. The fourth-order valence-corrected chi connectivity index (χ4v) is 2.40. The van der Waals surface area contributed by atoms with Gasteiger partial charge in [0.15, 0.2) is 5.65 Å². The van der Waals surface area contributed by atoms with Gasteiger partial charge < -0.3 is 4.90 Å². The Bertz CT molecular complexity index is 560.